The standard InChI is InChI=1S/C23H30N4O2/c1-17-6-8-20(9-7-17)29-14-4-12-26-11-3-5-22(26)23-24-15-19-16-27(18(2)28)13-10-21(19)25-23/h6-9,15,22H,3-5,10-14,16H2,1-2H3/t22-/m1/s1. The minimum absolute atomic E-state index is 0.120. The van der Waals surface area contributed by atoms with Gasteiger partial charge in [-0.1, -0.05) is 17.7 Å². The Kier molecular flexibility index (Phi) is 6.09. The van der Waals surface area contributed by atoms with E-state index in [1.807, 2.05) is 23.2 Å². The number of nitrogens with zero attached hydrogens (tertiary/aromatic N) is 4. The van der Waals surface area contributed by atoms with Crippen LogP contribution in [0.5, 0.6) is 5.75 Å². The molecule has 1 aromatic carbocycles. The monoisotopic (exact) mass is 394 g/mol. The van der Waals surface area contributed by atoms with Crippen LogP contribution in [0.15, 0.2) is 30.5 Å². The Balaban J connectivity index is 1.32. The fourth-order valence-electron chi connectivity index (χ4n) is 4.24. The highest BCUT2D eigenvalue weighted by Crippen LogP contribution is 2.30. The first kappa shape index (κ1) is 19.8. The van der Waals surface area contributed by atoms with Crippen molar-refractivity contribution in [3.63, 3.8) is 0 Å². The molecule has 1 saturated heterocycles. The van der Waals surface area contributed by atoms with Gasteiger partial charge in [-0.05, 0) is 44.9 Å². The number of benzene rings is 1. The summed E-state index contributed by atoms with van der Waals surface area (Å²) < 4.78 is 5.88. The van der Waals surface area contributed by atoms with Crippen molar-refractivity contribution in [3.05, 3.63) is 53.1 Å². The molecule has 4 rings (SSSR count). The number of fused-ring (bicyclic) bond motifs is 1. The average molecular weight is 395 g/mol. The van der Waals surface area contributed by atoms with Crippen LogP contribution in [0.1, 0.15) is 54.9 Å². The molecule has 3 heterocycles. The van der Waals surface area contributed by atoms with Crippen molar-refractivity contribution in [3.8, 4) is 5.75 Å². The Labute approximate surface area is 172 Å². The highest BCUT2D eigenvalue weighted by molar-refractivity contribution is 5.73. The predicted octanol–water partition coefficient (Wildman–Crippen LogP) is 3.30. The van der Waals surface area contributed by atoms with Crippen LogP contribution in [0.2, 0.25) is 0 Å². The van der Waals surface area contributed by atoms with Gasteiger partial charge in [0.1, 0.15) is 11.6 Å². The maximum Gasteiger partial charge on any atom is 0.219 e. The number of amides is 1. The van der Waals surface area contributed by atoms with E-state index < -0.39 is 0 Å². The maximum absolute atomic E-state index is 11.6. The number of hydrogen-bond donors (Lipinski definition) is 0. The number of aryl methyl sites for hydroxylation is 1. The molecule has 1 amide bonds. The lowest BCUT2D eigenvalue weighted by Gasteiger charge is -2.28. The number of rotatable bonds is 6. The van der Waals surface area contributed by atoms with Crippen molar-refractivity contribution in [1.82, 2.24) is 19.8 Å². The largest absolute Gasteiger partial charge is 0.494 e. The van der Waals surface area contributed by atoms with Gasteiger partial charge in [0.25, 0.3) is 0 Å². The molecule has 0 aliphatic carbocycles. The van der Waals surface area contributed by atoms with Crippen molar-refractivity contribution in [1.29, 1.82) is 0 Å². The Morgan fingerprint density at radius 3 is 2.86 bits per heavy atom. The summed E-state index contributed by atoms with van der Waals surface area (Å²) >= 11 is 0. The lowest BCUT2D eigenvalue weighted by atomic mass is 10.1. The zero-order valence-electron chi connectivity index (χ0n) is 17.4. The molecule has 0 bridgehead atoms. The normalized spacial score (nSPS) is 19.2. The van der Waals surface area contributed by atoms with Crippen LogP contribution in [-0.4, -0.2) is 51.9 Å². The van der Waals surface area contributed by atoms with E-state index in [1.165, 1.54) is 12.0 Å². The van der Waals surface area contributed by atoms with Gasteiger partial charge in [0.2, 0.25) is 5.91 Å². The molecule has 6 nitrogen and oxygen atoms in total. The van der Waals surface area contributed by atoms with Gasteiger partial charge >= 0.3 is 0 Å². The Morgan fingerprint density at radius 2 is 2.07 bits per heavy atom. The number of carbonyl (C=O) groups excluding carboxylic acids is 1. The third-order valence-corrected chi connectivity index (χ3v) is 5.94. The lowest BCUT2D eigenvalue weighted by molar-refractivity contribution is -0.129. The third-order valence-electron chi connectivity index (χ3n) is 5.94. The van der Waals surface area contributed by atoms with Crippen molar-refractivity contribution in [2.45, 2.75) is 52.1 Å². The molecule has 0 unspecified atom stereocenters. The van der Waals surface area contributed by atoms with E-state index in [0.717, 1.165) is 68.3 Å². The molecule has 2 aliphatic heterocycles. The van der Waals surface area contributed by atoms with Crippen LogP contribution in [0, 0.1) is 6.92 Å². The molecule has 2 aromatic rings. The van der Waals surface area contributed by atoms with E-state index in [0.29, 0.717) is 12.6 Å². The SMILES string of the molecule is CC(=O)N1CCc2nc([C@H]3CCCN3CCCOc3ccc(C)cc3)ncc2C1. The molecule has 1 aromatic heterocycles. The van der Waals surface area contributed by atoms with E-state index in [2.05, 4.69) is 28.9 Å². The van der Waals surface area contributed by atoms with Crippen LogP contribution >= 0.6 is 0 Å². The minimum atomic E-state index is 0.120. The molecule has 154 valence electrons. The minimum Gasteiger partial charge on any atom is -0.494 e. The van der Waals surface area contributed by atoms with Crippen molar-refractivity contribution < 1.29 is 9.53 Å². The molecule has 1 fully saturated rings. The van der Waals surface area contributed by atoms with Gasteiger partial charge < -0.3 is 9.64 Å². The summed E-state index contributed by atoms with van der Waals surface area (Å²) in [6.07, 6.45) is 6.04. The van der Waals surface area contributed by atoms with Crippen molar-refractivity contribution >= 4 is 5.91 Å². The smallest absolute Gasteiger partial charge is 0.219 e. The summed E-state index contributed by atoms with van der Waals surface area (Å²) in [5.74, 6) is 2.00. The number of carbonyl (C=O) groups is 1. The lowest BCUT2D eigenvalue weighted by Crippen LogP contribution is -2.35. The fourth-order valence-corrected chi connectivity index (χ4v) is 4.24. The van der Waals surface area contributed by atoms with Gasteiger partial charge in [0, 0.05) is 44.7 Å². The average Bonchev–Trinajstić information content (AvgIpc) is 3.20. The molecule has 0 radical (unpaired) electrons. The molecular formula is C23H30N4O2. The molecule has 1 atom stereocenters. The van der Waals surface area contributed by atoms with E-state index in [1.54, 1.807) is 6.92 Å². The van der Waals surface area contributed by atoms with E-state index in [-0.39, 0.29) is 5.91 Å². The van der Waals surface area contributed by atoms with Crippen LogP contribution in [-0.2, 0) is 17.8 Å². The van der Waals surface area contributed by atoms with Crippen LogP contribution in [0.4, 0.5) is 0 Å². The third kappa shape index (κ3) is 4.75. The second kappa shape index (κ2) is 8.91. The Morgan fingerprint density at radius 1 is 1.24 bits per heavy atom. The first-order valence-electron chi connectivity index (χ1n) is 10.6. The number of ether oxygens (including phenoxy) is 1. The molecule has 6 heteroatoms. The summed E-state index contributed by atoms with van der Waals surface area (Å²) in [5.41, 5.74) is 3.45. The van der Waals surface area contributed by atoms with Crippen molar-refractivity contribution in [2.24, 2.45) is 0 Å². The van der Waals surface area contributed by atoms with Gasteiger partial charge in [0.05, 0.1) is 18.3 Å². The number of hydrogen-bond acceptors (Lipinski definition) is 5. The second-order valence-corrected chi connectivity index (χ2v) is 8.10. The van der Waals surface area contributed by atoms with Gasteiger partial charge in [-0.25, -0.2) is 9.97 Å². The van der Waals surface area contributed by atoms with Crippen molar-refractivity contribution in [2.75, 3.05) is 26.2 Å². The van der Waals surface area contributed by atoms with E-state index in [4.69, 9.17) is 9.72 Å². The molecular weight excluding hydrogens is 364 g/mol. The molecule has 0 spiro atoms. The molecule has 0 saturated carbocycles. The Hall–Kier alpha value is -2.47. The second-order valence-electron chi connectivity index (χ2n) is 8.10. The summed E-state index contributed by atoms with van der Waals surface area (Å²) in [7, 11) is 0. The van der Waals surface area contributed by atoms with Crippen LogP contribution in [0.25, 0.3) is 0 Å². The van der Waals surface area contributed by atoms with Gasteiger partial charge in [-0.2, -0.15) is 0 Å². The number of aromatic nitrogens is 2. The summed E-state index contributed by atoms with van der Waals surface area (Å²) in [6.45, 7) is 7.90. The maximum atomic E-state index is 11.6. The highest BCUT2D eigenvalue weighted by atomic mass is 16.5. The van der Waals surface area contributed by atoms with Gasteiger partial charge in [0.15, 0.2) is 0 Å². The zero-order valence-corrected chi connectivity index (χ0v) is 17.4. The Bertz CT molecular complexity index is 852. The summed E-state index contributed by atoms with van der Waals surface area (Å²) in [4.78, 5) is 25.6. The van der Waals surface area contributed by atoms with Crippen LogP contribution < -0.4 is 4.74 Å². The highest BCUT2D eigenvalue weighted by Gasteiger charge is 2.29. The van der Waals surface area contributed by atoms with Gasteiger partial charge in [-0.3, -0.25) is 9.69 Å². The first-order valence-corrected chi connectivity index (χ1v) is 10.6. The molecule has 2 aliphatic rings. The zero-order chi connectivity index (χ0) is 20.2. The topological polar surface area (TPSA) is 58.6 Å². The summed E-state index contributed by atoms with van der Waals surface area (Å²) in [6, 6.07) is 8.51. The fraction of sp³-hybridized carbons (Fsp3) is 0.522. The number of likely N-dealkylation sites (tertiary alicyclic amines) is 1. The summed E-state index contributed by atoms with van der Waals surface area (Å²) in [5, 5.41) is 0. The van der Waals surface area contributed by atoms with E-state index >= 15 is 0 Å². The molecule has 29 heavy (non-hydrogen) atoms. The molecule has 0 N–H and O–H groups in total. The van der Waals surface area contributed by atoms with Crippen LogP contribution in [0.3, 0.4) is 0 Å². The quantitative estimate of drug-likeness (QED) is 0.704. The predicted molar refractivity (Wildman–Crippen MR) is 112 cm³/mol. The van der Waals surface area contributed by atoms with Gasteiger partial charge in [-0.15, -0.1) is 0 Å². The first-order chi connectivity index (χ1) is 14.1. The van der Waals surface area contributed by atoms with E-state index in [9.17, 15) is 4.79 Å².